The van der Waals surface area contributed by atoms with E-state index in [1.54, 1.807) is 0 Å². The van der Waals surface area contributed by atoms with Crippen LogP contribution in [0, 0.1) is 0 Å². The monoisotopic (exact) mass is 288 g/mol. The first-order valence-electron chi connectivity index (χ1n) is 6.99. The van der Waals surface area contributed by atoms with Gasteiger partial charge in [-0.15, -0.1) is 0 Å². The van der Waals surface area contributed by atoms with E-state index in [1.165, 1.54) is 36.5 Å². The zero-order chi connectivity index (χ0) is 12.8. The van der Waals surface area contributed by atoms with E-state index in [0.717, 1.165) is 19.6 Å². The molecule has 0 aromatic rings. The maximum absolute atomic E-state index is 12.2. The van der Waals surface area contributed by atoms with Crippen molar-refractivity contribution in [2.75, 3.05) is 36.9 Å². The molecule has 2 atom stereocenters. The summed E-state index contributed by atoms with van der Waals surface area (Å²) in [5, 5.41) is 4.10. The Balaban J connectivity index is 1.69. The van der Waals surface area contributed by atoms with Gasteiger partial charge in [0.15, 0.2) is 0 Å². The molecular weight excluding hydrogens is 264 g/mol. The molecule has 104 valence electrons. The quantitative estimate of drug-likeness (QED) is 0.855. The van der Waals surface area contributed by atoms with Gasteiger partial charge in [-0.3, -0.25) is 4.79 Å². The third-order valence-electron chi connectivity index (χ3n) is 3.57. The van der Waals surface area contributed by atoms with Crippen molar-refractivity contribution in [2.24, 2.45) is 0 Å². The average Bonchev–Trinajstić information content (AvgIpc) is 2.46. The molecule has 0 aromatic carbocycles. The lowest BCUT2D eigenvalue weighted by Gasteiger charge is -2.30. The van der Waals surface area contributed by atoms with Crippen molar-refractivity contribution >= 4 is 29.4 Å². The van der Waals surface area contributed by atoms with Crippen LogP contribution in [0.3, 0.4) is 0 Å². The number of hydrogen-bond donors (Lipinski definition) is 1. The average molecular weight is 288 g/mol. The van der Waals surface area contributed by atoms with E-state index in [-0.39, 0.29) is 6.04 Å². The van der Waals surface area contributed by atoms with Gasteiger partial charge in [0, 0.05) is 42.1 Å². The fourth-order valence-electron chi connectivity index (χ4n) is 2.44. The molecule has 18 heavy (non-hydrogen) atoms. The van der Waals surface area contributed by atoms with Crippen LogP contribution in [0.4, 0.5) is 0 Å². The third-order valence-corrected chi connectivity index (χ3v) is 6.42. The minimum absolute atomic E-state index is 0.0179. The number of carbonyl (C=O) groups excluding carboxylic acids is 1. The predicted octanol–water partition coefficient (Wildman–Crippen LogP) is 1.83. The Morgan fingerprint density at radius 3 is 2.78 bits per heavy atom. The summed E-state index contributed by atoms with van der Waals surface area (Å²) in [6.07, 6.45) is 3.63. The van der Waals surface area contributed by atoms with E-state index in [2.05, 4.69) is 5.32 Å². The van der Waals surface area contributed by atoms with E-state index < -0.39 is 0 Å². The highest BCUT2D eigenvalue weighted by molar-refractivity contribution is 8.06. The van der Waals surface area contributed by atoms with Crippen molar-refractivity contribution in [3.8, 4) is 0 Å². The summed E-state index contributed by atoms with van der Waals surface area (Å²) in [5.41, 5.74) is 0. The molecule has 0 bridgehead atoms. The predicted molar refractivity (Wildman–Crippen MR) is 81.5 cm³/mol. The van der Waals surface area contributed by atoms with Gasteiger partial charge < -0.3 is 10.2 Å². The normalized spacial score (nSPS) is 26.9. The smallest absolute Gasteiger partial charge is 0.239 e. The Morgan fingerprint density at radius 1 is 1.33 bits per heavy atom. The molecule has 2 fully saturated rings. The molecule has 5 heteroatoms. The maximum atomic E-state index is 12.2. The molecule has 2 aliphatic heterocycles. The van der Waals surface area contributed by atoms with E-state index in [4.69, 9.17) is 0 Å². The van der Waals surface area contributed by atoms with Gasteiger partial charge in [0.05, 0.1) is 6.04 Å². The minimum Gasteiger partial charge on any atom is -0.341 e. The molecule has 0 aromatic heterocycles. The SMILES string of the molecule is CC(NCC1CSCCS1)C(=O)N1CCCCC1. The zero-order valence-corrected chi connectivity index (χ0v) is 12.8. The second kappa shape index (κ2) is 7.65. The second-order valence-corrected chi connectivity index (χ2v) is 7.64. The number of likely N-dealkylation sites (tertiary alicyclic amines) is 1. The fraction of sp³-hybridized carbons (Fsp3) is 0.923. The topological polar surface area (TPSA) is 32.3 Å². The molecule has 0 radical (unpaired) electrons. The lowest BCUT2D eigenvalue weighted by molar-refractivity contribution is -0.133. The zero-order valence-electron chi connectivity index (χ0n) is 11.2. The largest absolute Gasteiger partial charge is 0.341 e. The van der Waals surface area contributed by atoms with Gasteiger partial charge in [0.1, 0.15) is 0 Å². The fourth-order valence-corrected chi connectivity index (χ4v) is 5.06. The summed E-state index contributed by atoms with van der Waals surface area (Å²) in [7, 11) is 0. The number of amides is 1. The van der Waals surface area contributed by atoms with Crippen LogP contribution in [0.25, 0.3) is 0 Å². The molecule has 0 aliphatic carbocycles. The first kappa shape index (κ1) is 14.5. The lowest BCUT2D eigenvalue weighted by Crippen LogP contribution is -2.48. The number of rotatable bonds is 4. The maximum Gasteiger partial charge on any atom is 0.239 e. The van der Waals surface area contributed by atoms with Crippen LogP contribution in [0.15, 0.2) is 0 Å². The van der Waals surface area contributed by atoms with Crippen molar-refractivity contribution in [2.45, 2.75) is 37.5 Å². The minimum atomic E-state index is -0.0179. The van der Waals surface area contributed by atoms with Gasteiger partial charge in [0.2, 0.25) is 5.91 Å². The van der Waals surface area contributed by atoms with Crippen LogP contribution in [0.1, 0.15) is 26.2 Å². The highest BCUT2D eigenvalue weighted by Crippen LogP contribution is 2.23. The second-order valence-electron chi connectivity index (χ2n) is 5.08. The van der Waals surface area contributed by atoms with Gasteiger partial charge in [-0.25, -0.2) is 0 Å². The van der Waals surface area contributed by atoms with Crippen LogP contribution >= 0.6 is 23.5 Å². The number of carbonyl (C=O) groups is 1. The summed E-state index contributed by atoms with van der Waals surface area (Å²) in [6.45, 7) is 4.90. The molecular formula is C13H24N2OS2. The number of piperidine rings is 1. The van der Waals surface area contributed by atoms with Gasteiger partial charge in [-0.2, -0.15) is 23.5 Å². The van der Waals surface area contributed by atoms with Crippen molar-refractivity contribution in [1.29, 1.82) is 0 Å². The van der Waals surface area contributed by atoms with E-state index in [0.29, 0.717) is 11.2 Å². The first-order valence-corrected chi connectivity index (χ1v) is 9.19. The Labute approximate surface area is 119 Å². The van der Waals surface area contributed by atoms with Crippen LogP contribution in [-0.4, -0.2) is 59.0 Å². The summed E-state index contributed by atoms with van der Waals surface area (Å²) in [4.78, 5) is 14.3. The molecule has 0 saturated carbocycles. The summed E-state index contributed by atoms with van der Waals surface area (Å²) < 4.78 is 0. The lowest BCUT2D eigenvalue weighted by atomic mass is 10.1. The number of nitrogens with one attached hydrogen (secondary N) is 1. The van der Waals surface area contributed by atoms with E-state index >= 15 is 0 Å². The highest BCUT2D eigenvalue weighted by atomic mass is 32.2. The van der Waals surface area contributed by atoms with Crippen molar-refractivity contribution in [3.05, 3.63) is 0 Å². The van der Waals surface area contributed by atoms with Crippen molar-refractivity contribution in [3.63, 3.8) is 0 Å². The summed E-state index contributed by atoms with van der Waals surface area (Å²) in [6, 6.07) is -0.0179. The molecule has 1 N–H and O–H groups in total. The van der Waals surface area contributed by atoms with Crippen LogP contribution in [-0.2, 0) is 4.79 Å². The molecule has 1 amide bonds. The first-order chi connectivity index (χ1) is 8.77. The molecule has 0 spiro atoms. The Bertz CT molecular complexity index is 264. The standard InChI is InChI=1S/C13H24N2OS2/c1-11(13(16)15-5-3-2-4-6-15)14-9-12-10-17-7-8-18-12/h11-12,14H,2-10H2,1H3. The highest BCUT2D eigenvalue weighted by Gasteiger charge is 2.23. The Morgan fingerprint density at radius 2 is 2.11 bits per heavy atom. The van der Waals surface area contributed by atoms with E-state index in [9.17, 15) is 4.79 Å². The third kappa shape index (κ3) is 4.35. The molecule has 2 rings (SSSR count). The molecule has 2 saturated heterocycles. The van der Waals surface area contributed by atoms with Gasteiger partial charge in [-0.1, -0.05) is 0 Å². The summed E-state index contributed by atoms with van der Waals surface area (Å²) >= 11 is 4.08. The molecule has 2 unspecified atom stereocenters. The van der Waals surface area contributed by atoms with Crippen LogP contribution < -0.4 is 5.32 Å². The number of hydrogen-bond acceptors (Lipinski definition) is 4. The summed E-state index contributed by atoms with van der Waals surface area (Å²) in [5.74, 6) is 4.06. The molecule has 3 nitrogen and oxygen atoms in total. The van der Waals surface area contributed by atoms with Crippen LogP contribution in [0.5, 0.6) is 0 Å². The Hall–Kier alpha value is 0.130. The number of nitrogens with zero attached hydrogens (tertiary/aromatic N) is 1. The van der Waals surface area contributed by atoms with Gasteiger partial charge in [0.25, 0.3) is 0 Å². The van der Waals surface area contributed by atoms with Crippen LogP contribution in [0.2, 0.25) is 0 Å². The van der Waals surface area contributed by atoms with Gasteiger partial charge in [-0.05, 0) is 26.2 Å². The molecule has 2 heterocycles. The van der Waals surface area contributed by atoms with Gasteiger partial charge >= 0.3 is 0 Å². The van der Waals surface area contributed by atoms with Crippen molar-refractivity contribution < 1.29 is 4.79 Å². The molecule has 2 aliphatic rings. The number of thioether (sulfide) groups is 2. The van der Waals surface area contributed by atoms with Crippen molar-refractivity contribution in [1.82, 2.24) is 10.2 Å². The van der Waals surface area contributed by atoms with E-state index in [1.807, 2.05) is 35.3 Å². The Kier molecular flexibility index (Phi) is 6.18.